The fourth-order valence-electron chi connectivity index (χ4n) is 4.14. The SMILES string of the molecule is CCCOc1ncc(C(F)(F)F)cc1S(=O)(=O)N1C[C@H](CCC(=O)O)Oc2ccc(/C=C/c3c(F)cccc3Cl)cc21. The number of alkyl halides is 3. The average molecular weight is 629 g/mol. The quantitative estimate of drug-likeness (QED) is 0.197. The van der Waals surface area contributed by atoms with Gasteiger partial charge in [-0.1, -0.05) is 36.7 Å². The fraction of sp³-hybridized carbons (Fsp3) is 0.286. The summed E-state index contributed by atoms with van der Waals surface area (Å²) < 4.78 is 95.3. The summed E-state index contributed by atoms with van der Waals surface area (Å²) >= 11 is 6.09. The molecule has 8 nitrogen and oxygen atoms in total. The summed E-state index contributed by atoms with van der Waals surface area (Å²) in [6.45, 7) is 1.32. The largest absolute Gasteiger partial charge is 0.486 e. The zero-order valence-electron chi connectivity index (χ0n) is 22.1. The maximum absolute atomic E-state index is 14.3. The van der Waals surface area contributed by atoms with Crippen LogP contribution >= 0.6 is 11.6 Å². The van der Waals surface area contributed by atoms with Gasteiger partial charge in [0, 0.05) is 18.2 Å². The highest BCUT2D eigenvalue weighted by Crippen LogP contribution is 2.41. The van der Waals surface area contributed by atoms with Crippen molar-refractivity contribution in [3.63, 3.8) is 0 Å². The van der Waals surface area contributed by atoms with Gasteiger partial charge in [0.25, 0.3) is 10.0 Å². The number of benzene rings is 2. The molecule has 0 fully saturated rings. The van der Waals surface area contributed by atoms with Crippen LogP contribution in [-0.4, -0.2) is 43.7 Å². The van der Waals surface area contributed by atoms with Crippen molar-refractivity contribution in [2.24, 2.45) is 0 Å². The Balaban J connectivity index is 1.83. The zero-order valence-corrected chi connectivity index (χ0v) is 23.6. The molecule has 0 bridgehead atoms. The Morgan fingerprint density at radius 2 is 2.00 bits per heavy atom. The second-order valence-electron chi connectivity index (χ2n) is 9.28. The third-order valence-corrected chi connectivity index (χ3v) is 8.30. The minimum absolute atomic E-state index is 0.00460. The van der Waals surface area contributed by atoms with Gasteiger partial charge >= 0.3 is 12.1 Å². The van der Waals surface area contributed by atoms with Crippen molar-refractivity contribution < 1.29 is 45.4 Å². The average Bonchev–Trinajstić information content (AvgIpc) is 2.93. The summed E-state index contributed by atoms with van der Waals surface area (Å²) in [6, 6.07) is 9.01. The summed E-state index contributed by atoms with van der Waals surface area (Å²) in [6.07, 6.45) is -2.44. The van der Waals surface area contributed by atoms with Crippen LogP contribution in [0.5, 0.6) is 11.6 Å². The van der Waals surface area contributed by atoms with Crippen LogP contribution in [0.15, 0.2) is 53.6 Å². The number of hydrogen-bond donors (Lipinski definition) is 1. The molecule has 2 heterocycles. The second-order valence-corrected chi connectivity index (χ2v) is 11.5. The van der Waals surface area contributed by atoms with Crippen molar-refractivity contribution >= 4 is 45.4 Å². The second kappa shape index (κ2) is 12.6. The molecular weight excluding hydrogens is 604 g/mol. The van der Waals surface area contributed by atoms with Crippen LogP contribution in [-0.2, 0) is 21.0 Å². The first-order valence-electron chi connectivity index (χ1n) is 12.7. The lowest BCUT2D eigenvalue weighted by atomic mass is 10.1. The standard InChI is InChI=1S/C28H25ClF4N2O6S/c1-2-12-40-27-25(14-18(15-34-27)28(31,32)33)42(38,39)35-16-19(8-11-26(36)37)41-24-10-7-17(13-23(24)35)6-9-20-21(29)4-3-5-22(20)30/h3-7,9-10,13-15,19H,2,8,11-12,16H2,1H3,(H,36,37)/b9-6+/t19-/m0/s1. The maximum atomic E-state index is 14.3. The number of carboxylic acid groups (broad SMARTS) is 1. The molecular formula is C28H25ClF4N2O6S. The van der Waals surface area contributed by atoms with Crippen LogP contribution in [0.2, 0.25) is 5.02 Å². The van der Waals surface area contributed by atoms with Crippen LogP contribution < -0.4 is 13.8 Å². The molecule has 1 aliphatic heterocycles. The first kappa shape index (κ1) is 31.1. The predicted molar refractivity (Wildman–Crippen MR) is 148 cm³/mol. The van der Waals surface area contributed by atoms with Gasteiger partial charge in [-0.05, 0) is 54.8 Å². The number of carbonyl (C=O) groups is 1. The molecule has 14 heteroatoms. The monoisotopic (exact) mass is 628 g/mol. The Hall–Kier alpha value is -3.84. The summed E-state index contributed by atoms with van der Waals surface area (Å²) in [5, 5.41) is 9.28. The number of sulfonamides is 1. The molecule has 1 N–H and O–H groups in total. The number of fused-ring (bicyclic) bond motifs is 1. The molecule has 1 aromatic heterocycles. The summed E-state index contributed by atoms with van der Waals surface area (Å²) in [7, 11) is -4.77. The third-order valence-electron chi connectivity index (χ3n) is 6.19. The normalized spacial score (nSPS) is 15.4. The molecule has 0 amide bonds. The minimum Gasteiger partial charge on any atom is -0.486 e. The Morgan fingerprint density at radius 3 is 2.67 bits per heavy atom. The number of rotatable bonds is 10. The molecule has 0 unspecified atom stereocenters. The van der Waals surface area contributed by atoms with Crippen molar-refractivity contribution in [3.8, 4) is 11.6 Å². The van der Waals surface area contributed by atoms with E-state index in [0.29, 0.717) is 24.2 Å². The molecule has 224 valence electrons. The van der Waals surface area contributed by atoms with E-state index in [1.54, 1.807) is 13.0 Å². The molecule has 0 saturated heterocycles. The number of hydrogen-bond acceptors (Lipinski definition) is 6. The molecule has 1 aliphatic rings. The van der Waals surface area contributed by atoms with Gasteiger partial charge in [0.15, 0.2) is 4.90 Å². The van der Waals surface area contributed by atoms with Crippen molar-refractivity contribution in [2.45, 2.75) is 43.4 Å². The molecule has 0 aliphatic carbocycles. The van der Waals surface area contributed by atoms with Crippen LogP contribution in [0.1, 0.15) is 42.9 Å². The number of carboxylic acids is 1. The highest BCUT2D eigenvalue weighted by Gasteiger charge is 2.39. The Morgan fingerprint density at radius 1 is 1.24 bits per heavy atom. The molecule has 2 aromatic carbocycles. The lowest BCUT2D eigenvalue weighted by Gasteiger charge is -2.35. The van der Waals surface area contributed by atoms with E-state index in [0.717, 1.165) is 4.31 Å². The van der Waals surface area contributed by atoms with Gasteiger partial charge in [0.2, 0.25) is 5.88 Å². The molecule has 0 radical (unpaired) electrons. The van der Waals surface area contributed by atoms with Crippen LogP contribution in [0.25, 0.3) is 12.2 Å². The number of aliphatic carboxylic acids is 1. The Labute approximate surface area is 244 Å². The number of nitrogens with zero attached hydrogens (tertiary/aromatic N) is 2. The minimum atomic E-state index is -4.89. The van der Waals surface area contributed by atoms with E-state index in [9.17, 15) is 30.8 Å². The van der Waals surface area contributed by atoms with Gasteiger partial charge in [-0.2, -0.15) is 13.2 Å². The molecule has 0 spiro atoms. The molecule has 3 aromatic rings. The van der Waals surface area contributed by atoms with Crippen LogP contribution in [0, 0.1) is 5.82 Å². The van der Waals surface area contributed by atoms with E-state index in [-0.39, 0.29) is 41.5 Å². The van der Waals surface area contributed by atoms with Gasteiger partial charge in [-0.3, -0.25) is 9.10 Å². The van der Waals surface area contributed by atoms with Gasteiger partial charge in [-0.25, -0.2) is 17.8 Å². The highest BCUT2D eigenvalue weighted by atomic mass is 35.5. The Kier molecular flexibility index (Phi) is 9.31. The predicted octanol–water partition coefficient (Wildman–Crippen LogP) is 6.67. The van der Waals surface area contributed by atoms with Crippen LogP contribution in [0.4, 0.5) is 23.2 Å². The van der Waals surface area contributed by atoms with Crippen molar-refractivity contribution in [2.75, 3.05) is 17.5 Å². The van der Waals surface area contributed by atoms with E-state index in [2.05, 4.69) is 4.98 Å². The van der Waals surface area contributed by atoms with E-state index in [4.69, 9.17) is 26.2 Å². The highest BCUT2D eigenvalue weighted by molar-refractivity contribution is 7.93. The number of anilines is 1. The number of ether oxygens (including phenoxy) is 2. The van der Waals surface area contributed by atoms with Gasteiger partial charge in [0.1, 0.15) is 17.7 Å². The van der Waals surface area contributed by atoms with E-state index >= 15 is 0 Å². The zero-order chi connectivity index (χ0) is 30.7. The molecule has 1 atom stereocenters. The number of halogens is 5. The molecule has 0 saturated carbocycles. The lowest BCUT2D eigenvalue weighted by Crippen LogP contribution is -2.44. The number of aromatic nitrogens is 1. The topological polar surface area (TPSA) is 106 Å². The Bertz CT molecular complexity index is 1590. The van der Waals surface area contributed by atoms with Gasteiger partial charge in [0.05, 0.1) is 29.4 Å². The van der Waals surface area contributed by atoms with Crippen molar-refractivity contribution in [1.29, 1.82) is 0 Å². The maximum Gasteiger partial charge on any atom is 0.417 e. The van der Waals surface area contributed by atoms with Crippen molar-refractivity contribution in [1.82, 2.24) is 4.98 Å². The smallest absolute Gasteiger partial charge is 0.417 e. The summed E-state index contributed by atoms with van der Waals surface area (Å²) in [5.41, 5.74) is -0.828. The van der Waals surface area contributed by atoms with E-state index < -0.39 is 57.0 Å². The summed E-state index contributed by atoms with van der Waals surface area (Å²) in [5.74, 6) is -2.17. The summed E-state index contributed by atoms with van der Waals surface area (Å²) in [4.78, 5) is 14.0. The van der Waals surface area contributed by atoms with Crippen LogP contribution in [0.3, 0.4) is 0 Å². The molecule has 4 rings (SSSR count). The van der Waals surface area contributed by atoms with E-state index in [1.165, 1.54) is 42.5 Å². The van der Waals surface area contributed by atoms with E-state index in [1.807, 2.05) is 0 Å². The lowest BCUT2D eigenvalue weighted by molar-refractivity contribution is -0.138. The van der Waals surface area contributed by atoms with Gasteiger partial charge < -0.3 is 14.6 Å². The first-order valence-corrected chi connectivity index (χ1v) is 14.5. The first-order chi connectivity index (χ1) is 19.8. The fourth-order valence-corrected chi connectivity index (χ4v) is 5.98. The number of pyridine rings is 1. The van der Waals surface area contributed by atoms with Crippen molar-refractivity contribution in [3.05, 3.63) is 76.2 Å². The molecule has 42 heavy (non-hydrogen) atoms. The van der Waals surface area contributed by atoms with Gasteiger partial charge in [-0.15, -0.1) is 0 Å². The third kappa shape index (κ3) is 6.96.